The van der Waals surface area contributed by atoms with E-state index in [1.54, 1.807) is 6.08 Å². The lowest BCUT2D eigenvalue weighted by molar-refractivity contribution is -0.302. The molecule has 0 aromatic heterocycles. The van der Waals surface area contributed by atoms with Crippen LogP contribution in [0.3, 0.4) is 0 Å². The average molecular weight is 642 g/mol. The number of carbonyl (C=O) groups is 1. The highest BCUT2D eigenvalue weighted by molar-refractivity contribution is 5.76. The maximum atomic E-state index is 12.7. The standard InChI is InChI=1S/C36H67NO8/c1-3-5-7-9-11-12-13-14-15-16-17-18-20-21-23-25-30(39)29(37-32(40)26-24-22-19-10-8-6-4-2)28-44-36-35(43)34(42)33(41)31(27-38)45-36/h17-18,23,25,29-31,33-36,38-39,41-43H,3-16,19-22,24,26-28H2,1-2H3,(H,37,40)/b18-17+,25-23+/t29-,30+,31+,33+,34?,35?,36+/m0/s1. The number of ether oxygens (including phenoxy) is 2. The molecule has 0 bridgehead atoms. The zero-order valence-electron chi connectivity index (χ0n) is 28.4. The zero-order valence-corrected chi connectivity index (χ0v) is 28.4. The van der Waals surface area contributed by atoms with Crippen LogP contribution in [0.2, 0.25) is 0 Å². The van der Waals surface area contributed by atoms with E-state index in [0.717, 1.165) is 38.5 Å². The number of nitrogens with one attached hydrogen (secondary N) is 1. The van der Waals surface area contributed by atoms with E-state index in [1.807, 2.05) is 6.08 Å². The largest absolute Gasteiger partial charge is 0.394 e. The Labute approximate surface area is 273 Å². The molecule has 0 radical (unpaired) electrons. The Balaban J connectivity index is 2.49. The van der Waals surface area contributed by atoms with Crippen molar-refractivity contribution >= 4 is 5.91 Å². The van der Waals surface area contributed by atoms with Gasteiger partial charge in [-0.1, -0.05) is 128 Å². The van der Waals surface area contributed by atoms with Gasteiger partial charge < -0.3 is 40.3 Å². The van der Waals surface area contributed by atoms with E-state index >= 15 is 0 Å². The fraction of sp³-hybridized carbons (Fsp3) is 0.861. The van der Waals surface area contributed by atoms with Crippen molar-refractivity contribution in [1.29, 1.82) is 0 Å². The summed E-state index contributed by atoms with van der Waals surface area (Å²) in [5.74, 6) is -0.196. The third-order valence-electron chi connectivity index (χ3n) is 8.53. The Hall–Kier alpha value is -1.33. The molecule has 1 fully saturated rings. The van der Waals surface area contributed by atoms with Crippen molar-refractivity contribution in [3.63, 3.8) is 0 Å². The first-order valence-corrected chi connectivity index (χ1v) is 18.1. The fourth-order valence-electron chi connectivity index (χ4n) is 5.52. The SMILES string of the molecule is CCCCCCCCCCC/C=C/CC/C=C/[C@@H](O)[C@H](CO[C@@H]1O[C@H](CO)[C@@H](O)C(O)C1O)NC(=O)CCCCCCCCC. The van der Waals surface area contributed by atoms with Crippen LogP contribution in [0.4, 0.5) is 0 Å². The van der Waals surface area contributed by atoms with Crippen LogP contribution < -0.4 is 5.32 Å². The topological polar surface area (TPSA) is 149 Å². The summed E-state index contributed by atoms with van der Waals surface area (Å²) in [7, 11) is 0. The summed E-state index contributed by atoms with van der Waals surface area (Å²) in [6, 6.07) is -0.812. The van der Waals surface area contributed by atoms with Crippen molar-refractivity contribution in [1.82, 2.24) is 5.32 Å². The second kappa shape index (κ2) is 27.8. The zero-order chi connectivity index (χ0) is 33.1. The predicted molar refractivity (Wildman–Crippen MR) is 180 cm³/mol. The number of hydrogen-bond donors (Lipinski definition) is 6. The van der Waals surface area contributed by atoms with E-state index < -0.39 is 49.5 Å². The van der Waals surface area contributed by atoms with E-state index in [1.165, 1.54) is 83.5 Å². The Kier molecular flexibility index (Phi) is 25.7. The minimum Gasteiger partial charge on any atom is -0.394 e. The van der Waals surface area contributed by atoms with Crippen molar-refractivity contribution in [2.45, 2.75) is 185 Å². The molecular formula is C36H67NO8. The first-order chi connectivity index (χ1) is 21.8. The lowest BCUT2D eigenvalue weighted by atomic mass is 9.99. The first-order valence-electron chi connectivity index (χ1n) is 18.1. The molecule has 9 heteroatoms. The van der Waals surface area contributed by atoms with Crippen LogP contribution in [0, 0.1) is 0 Å². The average Bonchev–Trinajstić information content (AvgIpc) is 3.03. The summed E-state index contributed by atoms with van der Waals surface area (Å²) in [5.41, 5.74) is 0. The van der Waals surface area contributed by atoms with Gasteiger partial charge in [0.25, 0.3) is 0 Å². The van der Waals surface area contributed by atoms with Gasteiger partial charge in [-0.25, -0.2) is 0 Å². The molecule has 0 aromatic carbocycles. The third-order valence-corrected chi connectivity index (χ3v) is 8.53. The number of amides is 1. The lowest BCUT2D eigenvalue weighted by Crippen LogP contribution is -2.60. The molecule has 0 aliphatic carbocycles. The molecule has 45 heavy (non-hydrogen) atoms. The molecule has 1 aliphatic heterocycles. The first kappa shape index (κ1) is 41.7. The van der Waals surface area contributed by atoms with Gasteiger partial charge in [-0.3, -0.25) is 4.79 Å². The Bertz CT molecular complexity index is 761. The number of hydrogen-bond acceptors (Lipinski definition) is 8. The van der Waals surface area contributed by atoms with Crippen molar-refractivity contribution in [3.05, 3.63) is 24.3 Å². The molecule has 0 aromatic rings. The minimum absolute atomic E-state index is 0.196. The number of aliphatic hydroxyl groups excluding tert-OH is 5. The van der Waals surface area contributed by atoms with Crippen LogP contribution in [-0.2, 0) is 14.3 Å². The predicted octanol–water partition coefficient (Wildman–Crippen LogP) is 5.60. The number of carbonyl (C=O) groups excluding carboxylic acids is 1. The van der Waals surface area contributed by atoms with Crippen LogP contribution in [-0.4, -0.2) is 87.5 Å². The van der Waals surface area contributed by atoms with Crippen LogP contribution >= 0.6 is 0 Å². The van der Waals surface area contributed by atoms with Gasteiger partial charge in [0.2, 0.25) is 5.91 Å². The third kappa shape index (κ3) is 19.8. The number of rotatable bonds is 28. The van der Waals surface area contributed by atoms with Gasteiger partial charge in [-0.2, -0.15) is 0 Å². The van der Waals surface area contributed by atoms with Crippen molar-refractivity contribution in [2.24, 2.45) is 0 Å². The quantitative estimate of drug-likeness (QED) is 0.0478. The minimum atomic E-state index is -1.57. The Morgan fingerprint density at radius 3 is 1.87 bits per heavy atom. The van der Waals surface area contributed by atoms with Crippen molar-refractivity contribution in [3.8, 4) is 0 Å². The molecule has 2 unspecified atom stereocenters. The molecule has 7 atom stereocenters. The molecule has 1 amide bonds. The van der Waals surface area contributed by atoms with E-state index in [0.29, 0.717) is 6.42 Å². The van der Waals surface area contributed by atoms with Gasteiger partial charge in [0, 0.05) is 6.42 Å². The molecule has 1 aliphatic rings. The van der Waals surface area contributed by atoms with Crippen LogP contribution in [0.5, 0.6) is 0 Å². The van der Waals surface area contributed by atoms with Gasteiger partial charge in [0.05, 0.1) is 25.4 Å². The number of unbranched alkanes of at least 4 members (excludes halogenated alkanes) is 16. The normalized spacial score (nSPS) is 23.6. The molecule has 1 heterocycles. The molecule has 6 N–H and O–H groups in total. The molecule has 1 rings (SSSR count). The van der Waals surface area contributed by atoms with Gasteiger partial charge in [-0.15, -0.1) is 0 Å². The highest BCUT2D eigenvalue weighted by atomic mass is 16.7. The van der Waals surface area contributed by atoms with E-state index in [2.05, 4.69) is 31.3 Å². The van der Waals surface area contributed by atoms with Gasteiger partial charge in [-0.05, 0) is 32.1 Å². The van der Waals surface area contributed by atoms with Crippen LogP contribution in [0.1, 0.15) is 142 Å². The molecule has 0 spiro atoms. The maximum Gasteiger partial charge on any atom is 0.220 e. The highest BCUT2D eigenvalue weighted by Gasteiger charge is 2.44. The fourth-order valence-corrected chi connectivity index (χ4v) is 5.52. The second-order valence-corrected chi connectivity index (χ2v) is 12.7. The Morgan fingerprint density at radius 2 is 1.27 bits per heavy atom. The summed E-state index contributed by atoms with van der Waals surface area (Å²) >= 11 is 0. The van der Waals surface area contributed by atoms with Crippen molar-refractivity contribution in [2.75, 3.05) is 13.2 Å². The Morgan fingerprint density at radius 1 is 0.733 bits per heavy atom. The van der Waals surface area contributed by atoms with Gasteiger partial charge in [0.15, 0.2) is 6.29 Å². The number of allylic oxidation sites excluding steroid dienone is 3. The second-order valence-electron chi connectivity index (χ2n) is 12.7. The summed E-state index contributed by atoms with van der Waals surface area (Å²) in [4.78, 5) is 12.7. The molecule has 0 saturated carbocycles. The smallest absolute Gasteiger partial charge is 0.220 e. The molecule has 264 valence electrons. The van der Waals surface area contributed by atoms with E-state index in [4.69, 9.17) is 9.47 Å². The lowest BCUT2D eigenvalue weighted by Gasteiger charge is -2.40. The van der Waals surface area contributed by atoms with E-state index in [-0.39, 0.29) is 12.5 Å². The highest BCUT2D eigenvalue weighted by Crippen LogP contribution is 2.22. The van der Waals surface area contributed by atoms with Crippen LogP contribution in [0.25, 0.3) is 0 Å². The van der Waals surface area contributed by atoms with Crippen LogP contribution in [0.15, 0.2) is 24.3 Å². The monoisotopic (exact) mass is 641 g/mol. The van der Waals surface area contributed by atoms with Crippen molar-refractivity contribution < 1.29 is 39.8 Å². The molecule has 1 saturated heterocycles. The summed E-state index contributed by atoms with van der Waals surface area (Å²) in [6.45, 7) is 3.67. The maximum absolute atomic E-state index is 12.7. The molecular weight excluding hydrogens is 574 g/mol. The van der Waals surface area contributed by atoms with E-state index in [9.17, 15) is 30.3 Å². The summed E-state index contributed by atoms with van der Waals surface area (Å²) in [6.07, 6.45) is 22.4. The number of aliphatic hydroxyl groups is 5. The van der Waals surface area contributed by atoms with Gasteiger partial charge in [0.1, 0.15) is 24.4 Å². The van der Waals surface area contributed by atoms with Gasteiger partial charge >= 0.3 is 0 Å². The summed E-state index contributed by atoms with van der Waals surface area (Å²) in [5, 5.41) is 53.6. The molecule has 9 nitrogen and oxygen atoms in total. The summed E-state index contributed by atoms with van der Waals surface area (Å²) < 4.78 is 11.1.